The van der Waals surface area contributed by atoms with Crippen molar-refractivity contribution in [3.63, 3.8) is 0 Å². The molecule has 3 aliphatic heterocycles. The van der Waals surface area contributed by atoms with Crippen LogP contribution in [-0.4, -0.2) is 57.3 Å². The van der Waals surface area contributed by atoms with Crippen molar-refractivity contribution in [2.75, 3.05) is 5.06 Å². The molecule has 3 heterocycles. The van der Waals surface area contributed by atoms with Crippen LogP contribution in [-0.2, 0) is 4.84 Å². The first kappa shape index (κ1) is 16.4. The second-order valence-electron chi connectivity index (χ2n) is 7.11. The fourth-order valence-corrected chi connectivity index (χ4v) is 4.34. The highest BCUT2D eigenvalue weighted by Gasteiger charge is 2.57. The summed E-state index contributed by atoms with van der Waals surface area (Å²) >= 11 is 0. The summed E-state index contributed by atoms with van der Waals surface area (Å²) in [7, 11) is 0. The maximum atomic E-state index is 12.8. The third-order valence-corrected chi connectivity index (χ3v) is 5.65. The molecule has 0 spiro atoms. The highest BCUT2D eigenvalue weighted by Crippen LogP contribution is 2.41. The zero-order valence-electron chi connectivity index (χ0n) is 14.3. The van der Waals surface area contributed by atoms with Crippen molar-refractivity contribution >= 4 is 17.5 Å². The van der Waals surface area contributed by atoms with Crippen LogP contribution in [0.5, 0.6) is 0 Å². The standard InChI is InChI=1S/C20H18N2O5/c23-16-14-10-15(21-19(25)12-8-4-5-9-13(12)20(21)26)18(17(16)24)27-22(14)11-6-2-1-3-7-11/h1-9,14-18,23-24H,10H2. The minimum Gasteiger partial charge on any atom is -0.388 e. The molecule has 2 bridgehead atoms. The summed E-state index contributed by atoms with van der Waals surface area (Å²) in [5.41, 5.74) is 1.47. The number of hydroxylamine groups is 1. The normalized spacial score (nSPS) is 32.1. The molecule has 0 aromatic heterocycles. The van der Waals surface area contributed by atoms with Crippen LogP contribution >= 0.6 is 0 Å². The lowest BCUT2D eigenvalue weighted by Crippen LogP contribution is -2.72. The highest BCUT2D eigenvalue weighted by atomic mass is 16.7. The van der Waals surface area contributed by atoms with E-state index in [4.69, 9.17) is 4.84 Å². The molecule has 7 heteroatoms. The molecular weight excluding hydrogens is 348 g/mol. The smallest absolute Gasteiger partial charge is 0.261 e. The first-order chi connectivity index (χ1) is 13.1. The van der Waals surface area contributed by atoms with Crippen molar-refractivity contribution in [3.8, 4) is 0 Å². The van der Waals surface area contributed by atoms with E-state index in [9.17, 15) is 19.8 Å². The average molecular weight is 366 g/mol. The van der Waals surface area contributed by atoms with Crippen LogP contribution in [0.4, 0.5) is 5.69 Å². The molecule has 5 atom stereocenters. The number of anilines is 1. The zero-order chi connectivity index (χ0) is 18.7. The van der Waals surface area contributed by atoms with E-state index in [1.807, 2.05) is 30.3 Å². The monoisotopic (exact) mass is 366 g/mol. The van der Waals surface area contributed by atoms with E-state index in [2.05, 4.69) is 0 Å². The second-order valence-corrected chi connectivity index (χ2v) is 7.11. The zero-order valence-corrected chi connectivity index (χ0v) is 14.3. The Kier molecular flexibility index (Phi) is 3.58. The predicted molar refractivity (Wildman–Crippen MR) is 94.9 cm³/mol. The third kappa shape index (κ3) is 2.26. The Balaban J connectivity index is 1.49. The minimum absolute atomic E-state index is 0.323. The summed E-state index contributed by atoms with van der Waals surface area (Å²) in [6.07, 6.45) is -2.79. The van der Waals surface area contributed by atoms with Gasteiger partial charge in [0.1, 0.15) is 18.3 Å². The van der Waals surface area contributed by atoms with E-state index < -0.39 is 30.4 Å². The van der Waals surface area contributed by atoms with E-state index in [-0.39, 0.29) is 11.8 Å². The topological polar surface area (TPSA) is 90.3 Å². The fraction of sp³-hybridized carbons (Fsp3) is 0.300. The summed E-state index contributed by atoms with van der Waals surface area (Å²) in [5.74, 6) is -0.769. The Morgan fingerprint density at radius 3 is 2.04 bits per heavy atom. The van der Waals surface area contributed by atoms with Gasteiger partial charge in [-0.3, -0.25) is 19.3 Å². The van der Waals surface area contributed by atoms with Gasteiger partial charge in [-0.15, -0.1) is 0 Å². The van der Waals surface area contributed by atoms with E-state index in [0.717, 1.165) is 5.69 Å². The number of aliphatic hydroxyl groups is 2. The molecule has 138 valence electrons. The average Bonchev–Trinajstić information content (AvgIpc) is 2.96. The summed E-state index contributed by atoms with van der Waals surface area (Å²) in [4.78, 5) is 32.8. The largest absolute Gasteiger partial charge is 0.388 e. The number of para-hydroxylation sites is 1. The van der Waals surface area contributed by atoms with Crippen LogP contribution < -0.4 is 5.06 Å². The van der Waals surface area contributed by atoms with E-state index >= 15 is 0 Å². The maximum Gasteiger partial charge on any atom is 0.261 e. The molecule has 2 N–H and O–H groups in total. The van der Waals surface area contributed by atoms with Gasteiger partial charge in [0, 0.05) is 0 Å². The molecule has 4 aliphatic rings. The molecule has 7 nitrogen and oxygen atoms in total. The van der Waals surface area contributed by atoms with Crippen molar-refractivity contribution in [2.45, 2.75) is 36.8 Å². The Morgan fingerprint density at radius 1 is 0.815 bits per heavy atom. The van der Waals surface area contributed by atoms with Gasteiger partial charge < -0.3 is 10.2 Å². The number of nitrogens with zero attached hydrogens (tertiary/aromatic N) is 2. The molecule has 27 heavy (non-hydrogen) atoms. The fourth-order valence-electron chi connectivity index (χ4n) is 4.34. The molecule has 6 rings (SSSR count). The number of hydrogen-bond donors (Lipinski definition) is 2. The number of rotatable bonds is 2. The van der Waals surface area contributed by atoms with Gasteiger partial charge >= 0.3 is 0 Å². The van der Waals surface area contributed by atoms with Gasteiger partial charge in [0.2, 0.25) is 0 Å². The summed E-state index contributed by atoms with van der Waals surface area (Å²) in [5, 5.41) is 22.6. The molecule has 2 amide bonds. The van der Waals surface area contributed by atoms with E-state index in [1.165, 1.54) is 4.90 Å². The number of aliphatic hydroxyl groups excluding tert-OH is 2. The lowest BCUT2D eigenvalue weighted by atomic mass is 9.81. The summed E-state index contributed by atoms with van der Waals surface area (Å²) < 4.78 is 0. The van der Waals surface area contributed by atoms with Gasteiger partial charge in [0.25, 0.3) is 11.8 Å². The van der Waals surface area contributed by atoms with Gasteiger partial charge in [-0.1, -0.05) is 30.3 Å². The highest BCUT2D eigenvalue weighted by molar-refractivity contribution is 6.21. The first-order valence-electron chi connectivity index (χ1n) is 8.92. The molecule has 3 fully saturated rings. The summed E-state index contributed by atoms with van der Waals surface area (Å²) in [6, 6.07) is 14.7. The van der Waals surface area contributed by atoms with Gasteiger partial charge in [0.05, 0.1) is 28.9 Å². The van der Waals surface area contributed by atoms with Crippen LogP contribution in [0.25, 0.3) is 0 Å². The van der Waals surface area contributed by atoms with Gasteiger partial charge in [-0.25, -0.2) is 5.06 Å². The Labute approximate surface area is 155 Å². The van der Waals surface area contributed by atoms with Crippen LogP contribution in [0.2, 0.25) is 0 Å². The van der Waals surface area contributed by atoms with E-state index in [1.54, 1.807) is 29.3 Å². The molecule has 2 saturated heterocycles. The molecule has 0 radical (unpaired) electrons. The van der Waals surface area contributed by atoms with Crippen LogP contribution in [0.1, 0.15) is 27.1 Å². The number of benzene rings is 2. The van der Waals surface area contributed by atoms with E-state index in [0.29, 0.717) is 17.5 Å². The third-order valence-electron chi connectivity index (χ3n) is 5.65. The second kappa shape index (κ2) is 5.88. The Hall–Kier alpha value is -2.74. The number of amides is 2. The molecule has 1 aliphatic carbocycles. The SMILES string of the molecule is O=C1c2ccccc2C(=O)N1C1CC2C(O)C(O)C1ON2c1ccccc1. The van der Waals surface area contributed by atoms with Crippen molar-refractivity contribution in [1.82, 2.24) is 4.90 Å². The van der Waals surface area contributed by atoms with Crippen LogP contribution in [0.15, 0.2) is 54.6 Å². The van der Waals surface area contributed by atoms with Crippen molar-refractivity contribution < 1.29 is 24.6 Å². The molecule has 2 aromatic rings. The lowest BCUT2D eigenvalue weighted by molar-refractivity contribution is -0.206. The minimum atomic E-state index is -1.18. The molecule has 1 saturated carbocycles. The van der Waals surface area contributed by atoms with Crippen molar-refractivity contribution in [3.05, 3.63) is 65.7 Å². The van der Waals surface area contributed by atoms with Crippen molar-refractivity contribution in [1.29, 1.82) is 0 Å². The number of imide groups is 1. The number of carbonyl (C=O) groups excluding carboxylic acids is 2. The van der Waals surface area contributed by atoms with Crippen LogP contribution in [0.3, 0.4) is 0 Å². The molecule has 5 unspecified atom stereocenters. The lowest BCUT2D eigenvalue weighted by Gasteiger charge is -2.55. The number of carbonyl (C=O) groups is 2. The van der Waals surface area contributed by atoms with Gasteiger partial charge in [0.15, 0.2) is 0 Å². The number of fused-ring (bicyclic) bond motifs is 4. The van der Waals surface area contributed by atoms with Crippen LogP contribution in [0, 0.1) is 0 Å². The maximum absolute atomic E-state index is 12.8. The van der Waals surface area contributed by atoms with Gasteiger partial charge in [-0.2, -0.15) is 0 Å². The quantitative estimate of drug-likeness (QED) is 0.770. The molecule has 2 aromatic carbocycles. The first-order valence-corrected chi connectivity index (χ1v) is 8.92. The number of hydrogen-bond acceptors (Lipinski definition) is 6. The Morgan fingerprint density at radius 2 is 1.41 bits per heavy atom. The van der Waals surface area contributed by atoms with Crippen molar-refractivity contribution in [2.24, 2.45) is 0 Å². The Bertz CT molecular complexity index is 883. The predicted octanol–water partition coefficient (Wildman–Crippen LogP) is 0.966. The summed E-state index contributed by atoms with van der Waals surface area (Å²) in [6.45, 7) is 0. The molecular formula is C20H18N2O5. The van der Waals surface area contributed by atoms with Gasteiger partial charge in [-0.05, 0) is 30.7 Å².